The standard InChI is InChI=1S/C21H23ClN2O8S2/c1-11-17(22)19(32-23-11)16(21(26)24-34(27,28)13-6-8-33-10-13)15-12(5-7-25)9-14(29-2)18(30-3)20(15)31-4/h6,8-10,16,25H,5,7H2,1-4H3,(H,24,26). The topological polar surface area (TPSA) is 137 Å². The van der Waals surface area contributed by atoms with Crippen LogP contribution in [0.4, 0.5) is 0 Å². The van der Waals surface area contributed by atoms with E-state index in [0.29, 0.717) is 11.3 Å². The van der Waals surface area contributed by atoms with Gasteiger partial charge in [-0.25, -0.2) is 13.1 Å². The molecule has 3 aromatic rings. The normalized spacial score (nSPS) is 12.3. The van der Waals surface area contributed by atoms with Crippen molar-refractivity contribution in [2.45, 2.75) is 24.2 Å². The number of nitrogens with one attached hydrogen (secondary N) is 1. The summed E-state index contributed by atoms with van der Waals surface area (Å²) < 4.78 is 49.5. The minimum atomic E-state index is -4.20. The van der Waals surface area contributed by atoms with Crippen LogP contribution < -0.4 is 18.9 Å². The third-order valence-electron chi connectivity index (χ3n) is 5.00. The van der Waals surface area contributed by atoms with E-state index in [1.807, 2.05) is 0 Å². The molecule has 34 heavy (non-hydrogen) atoms. The van der Waals surface area contributed by atoms with Gasteiger partial charge in [0, 0.05) is 17.6 Å². The van der Waals surface area contributed by atoms with Crippen LogP contribution >= 0.6 is 22.9 Å². The number of sulfonamides is 1. The number of nitrogens with zero attached hydrogens (tertiary/aromatic N) is 1. The molecule has 0 radical (unpaired) electrons. The Morgan fingerprint density at radius 2 is 1.97 bits per heavy atom. The summed E-state index contributed by atoms with van der Waals surface area (Å²) in [4.78, 5) is 13.5. The van der Waals surface area contributed by atoms with Gasteiger partial charge in [-0.2, -0.15) is 11.3 Å². The van der Waals surface area contributed by atoms with Crippen molar-refractivity contribution in [1.29, 1.82) is 0 Å². The van der Waals surface area contributed by atoms with Crippen molar-refractivity contribution < 1.29 is 37.1 Å². The number of hydrogen-bond donors (Lipinski definition) is 2. The van der Waals surface area contributed by atoms with E-state index in [2.05, 4.69) is 9.88 Å². The molecule has 184 valence electrons. The predicted octanol–water partition coefficient (Wildman–Crippen LogP) is 2.90. The van der Waals surface area contributed by atoms with Gasteiger partial charge in [-0.1, -0.05) is 16.8 Å². The van der Waals surface area contributed by atoms with Crippen LogP contribution in [0.3, 0.4) is 0 Å². The number of carbonyl (C=O) groups excluding carboxylic acids is 1. The van der Waals surface area contributed by atoms with E-state index < -0.39 is 21.8 Å². The van der Waals surface area contributed by atoms with Gasteiger partial charge in [-0.3, -0.25) is 4.79 Å². The van der Waals surface area contributed by atoms with Crippen molar-refractivity contribution in [2.24, 2.45) is 0 Å². The van der Waals surface area contributed by atoms with Crippen LogP contribution in [0.25, 0.3) is 0 Å². The number of carbonyl (C=O) groups is 1. The summed E-state index contributed by atoms with van der Waals surface area (Å²) in [6.45, 7) is 1.29. The third-order valence-corrected chi connectivity index (χ3v) is 7.64. The molecule has 0 aliphatic heterocycles. The lowest BCUT2D eigenvalue weighted by Crippen LogP contribution is -2.35. The van der Waals surface area contributed by atoms with E-state index in [1.165, 1.54) is 44.1 Å². The van der Waals surface area contributed by atoms with Crippen LogP contribution in [-0.2, 0) is 21.2 Å². The number of methoxy groups -OCH3 is 3. The molecule has 1 atom stereocenters. The Hall–Kier alpha value is -2.80. The Labute approximate surface area is 205 Å². The summed E-state index contributed by atoms with van der Waals surface area (Å²) in [5.41, 5.74) is 0.916. The first kappa shape index (κ1) is 25.8. The Kier molecular flexibility index (Phi) is 8.08. The molecule has 3 rings (SSSR count). The molecule has 2 N–H and O–H groups in total. The van der Waals surface area contributed by atoms with Crippen molar-refractivity contribution in [1.82, 2.24) is 9.88 Å². The summed E-state index contributed by atoms with van der Waals surface area (Å²) in [5, 5.41) is 16.5. The maximum absolute atomic E-state index is 13.6. The average molecular weight is 531 g/mol. The fourth-order valence-corrected chi connectivity index (χ4v) is 5.67. The highest BCUT2D eigenvalue weighted by atomic mass is 35.5. The maximum Gasteiger partial charge on any atom is 0.264 e. The van der Waals surface area contributed by atoms with Gasteiger partial charge in [0.1, 0.15) is 10.9 Å². The number of rotatable bonds is 10. The second-order valence-electron chi connectivity index (χ2n) is 7.00. The van der Waals surface area contributed by atoms with Gasteiger partial charge in [-0.05, 0) is 36.4 Å². The molecule has 2 heterocycles. The first-order valence-corrected chi connectivity index (χ1v) is 12.6. The van der Waals surface area contributed by atoms with Crippen molar-refractivity contribution >= 4 is 38.9 Å². The largest absolute Gasteiger partial charge is 0.493 e. The Morgan fingerprint density at radius 3 is 2.47 bits per heavy atom. The molecule has 1 aromatic carbocycles. The van der Waals surface area contributed by atoms with Gasteiger partial charge in [0.25, 0.3) is 10.0 Å². The van der Waals surface area contributed by atoms with Crippen LogP contribution in [-0.4, -0.2) is 52.5 Å². The third kappa shape index (κ3) is 4.85. The highest BCUT2D eigenvalue weighted by Crippen LogP contribution is 2.48. The second kappa shape index (κ2) is 10.6. The lowest BCUT2D eigenvalue weighted by molar-refractivity contribution is -0.120. The molecule has 0 aliphatic rings. The van der Waals surface area contributed by atoms with Crippen LogP contribution in [0.5, 0.6) is 17.2 Å². The van der Waals surface area contributed by atoms with Crippen molar-refractivity contribution in [2.75, 3.05) is 27.9 Å². The summed E-state index contributed by atoms with van der Waals surface area (Å²) in [6.07, 6.45) is 0.0812. The highest BCUT2D eigenvalue weighted by Gasteiger charge is 2.38. The van der Waals surface area contributed by atoms with Crippen LogP contribution in [0.2, 0.25) is 5.02 Å². The lowest BCUT2D eigenvalue weighted by Gasteiger charge is -2.24. The summed E-state index contributed by atoms with van der Waals surface area (Å²) in [6, 6.07) is 2.94. The van der Waals surface area contributed by atoms with Gasteiger partial charge in [0.2, 0.25) is 11.7 Å². The van der Waals surface area contributed by atoms with E-state index in [-0.39, 0.29) is 51.5 Å². The fourth-order valence-electron chi connectivity index (χ4n) is 3.46. The number of halogens is 1. The minimum absolute atomic E-state index is 0.0415. The number of benzene rings is 1. The molecule has 0 bridgehead atoms. The van der Waals surface area contributed by atoms with Crippen LogP contribution in [0, 0.1) is 6.92 Å². The molecule has 13 heteroatoms. The van der Waals surface area contributed by atoms with Gasteiger partial charge in [0.15, 0.2) is 17.3 Å². The lowest BCUT2D eigenvalue weighted by atomic mass is 9.88. The first-order chi connectivity index (χ1) is 16.2. The molecule has 0 saturated heterocycles. The number of thiophene rings is 1. The van der Waals surface area contributed by atoms with Crippen LogP contribution in [0.1, 0.15) is 28.5 Å². The zero-order valence-corrected chi connectivity index (χ0v) is 21.1. The average Bonchev–Trinajstić information content (AvgIpc) is 3.46. The predicted molar refractivity (Wildman–Crippen MR) is 125 cm³/mol. The van der Waals surface area contributed by atoms with Gasteiger partial charge < -0.3 is 23.8 Å². The number of aliphatic hydroxyl groups excluding tert-OH is 1. The molecular formula is C21H23ClN2O8S2. The zero-order chi connectivity index (χ0) is 25.0. The van der Waals surface area contributed by atoms with Crippen molar-refractivity contribution in [3.8, 4) is 17.2 Å². The number of aliphatic hydroxyl groups is 1. The number of hydrogen-bond acceptors (Lipinski definition) is 10. The highest BCUT2D eigenvalue weighted by molar-refractivity contribution is 7.90. The molecule has 0 fully saturated rings. The van der Waals surface area contributed by atoms with Gasteiger partial charge in [-0.15, -0.1) is 0 Å². The van der Waals surface area contributed by atoms with Crippen LogP contribution in [0.15, 0.2) is 32.3 Å². The zero-order valence-electron chi connectivity index (χ0n) is 18.7. The van der Waals surface area contributed by atoms with E-state index in [4.69, 9.17) is 30.3 Å². The van der Waals surface area contributed by atoms with Crippen molar-refractivity contribution in [3.63, 3.8) is 0 Å². The second-order valence-corrected chi connectivity index (χ2v) is 9.84. The summed E-state index contributed by atoms with van der Waals surface area (Å²) in [7, 11) is -0.0308. The molecule has 0 saturated carbocycles. The SMILES string of the molecule is COc1cc(CCO)c(C(C(=O)NS(=O)(=O)c2ccsc2)c2onc(C)c2Cl)c(OC)c1OC. The Morgan fingerprint density at radius 1 is 1.26 bits per heavy atom. The number of aryl methyl sites for hydroxylation is 1. The minimum Gasteiger partial charge on any atom is -0.493 e. The van der Waals surface area contributed by atoms with Gasteiger partial charge >= 0.3 is 0 Å². The molecule has 2 aromatic heterocycles. The van der Waals surface area contributed by atoms with E-state index >= 15 is 0 Å². The van der Waals surface area contributed by atoms with E-state index in [1.54, 1.807) is 18.4 Å². The van der Waals surface area contributed by atoms with Gasteiger partial charge in [0.05, 0.1) is 31.9 Å². The number of amides is 1. The quantitative estimate of drug-likeness (QED) is 0.405. The summed E-state index contributed by atoms with van der Waals surface area (Å²) >= 11 is 7.56. The number of ether oxygens (including phenoxy) is 3. The molecule has 10 nitrogen and oxygen atoms in total. The molecular weight excluding hydrogens is 508 g/mol. The maximum atomic E-state index is 13.6. The monoisotopic (exact) mass is 530 g/mol. The molecule has 0 aliphatic carbocycles. The fraction of sp³-hybridized carbons (Fsp3) is 0.333. The number of aromatic nitrogens is 1. The molecule has 1 amide bonds. The van der Waals surface area contributed by atoms with Crippen molar-refractivity contribution in [3.05, 3.63) is 50.5 Å². The van der Waals surface area contributed by atoms with E-state index in [9.17, 15) is 18.3 Å². The summed E-state index contributed by atoms with van der Waals surface area (Å²) in [5.74, 6) is -1.94. The van der Waals surface area contributed by atoms with E-state index in [0.717, 1.165) is 0 Å². The Balaban J connectivity index is 2.29. The molecule has 0 spiro atoms. The molecule has 1 unspecified atom stereocenters. The smallest absolute Gasteiger partial charge is 0.264 e. The first-order valence-electron chi connectivity index (χ1n) is 9.83. The Bertz CT molecular complexity index is 1270.